The molecular weight excluding hydrogens is 400 g/mol. The summed E-state index contributed by atoms with van der Waals surface area (Å²) in [6.45, 7) is 4.46. The van der Waals surface area contributed by atoms with E-state index in [1.807, 2.05) is 36.0 Å². The zero-order chi connectivity index (χ0) is 21.4. The fraction of sp³-hybridized carbons (Fsp3) is 0.238. The predicted molar refractivity (Wildman–Crippen MR) is 117 cm³/mol. The highest BCUT2D eigenvalue weighted by atomic mass is 32.2. The van der Waals surface area contributed by atoms with Gasteiger partial charge in [-0.3, -0.25) is 4.68 Å². The molecule has 0 atom stereocenters. The van der Waals surface area contributed by atoms with E-state index in [1.54, 1.807) is 18.3 Å². The van der Waals surface area contributed by atoms with Crippen LogP contribution in [0.3, 0.4) is 0 Å². The highest BCUT2D eigenvalue weighted by Crippen LogP contribution is 2.11. The predicted octanol–water partition coefficient (Wildman–Crippen LogP) is 1.83. The SMILES string of the molecule is CCNC(=NCc1ccc(S(N)(=O)=O)cc1)NCc1ccccc1Cn1cccn1. The third kappa shape index (κ3) is 6.16. The molecule has 30 heavy (non-hydrogen) atoms. The van der Waals surface area contributed by atoms with E-state index in [0.717, 1.165) is 17.7 Å². The molecule has 0 radical (unpaired) electrons. The molecule has 0 bridgehead atoms. The van der Waals surface area contributed by atoms with Crippen LogP contribution in [0, 0.1) is 0 Å². The van der Waals surface area contributed by atoms with Crippen LogP contribution in [-0.2, 0) is 29.7 Å². The Morgan fingerprint density at radius 3 is 2.43 bits per heavy atom. The molecule has 0 aliphatic rings. The largest absolute Gasteiger partial charge is 0.357 e. The quantitative estimate of drug-likeness (QED) is 0.376. The molecule has 1 aromatic heterocycles. The Morgan fingerprint density at radius 1 is 1.07 bits per heavy atom. The molecule has 0 spiro atoms. The molecule has 0 saturated heterocycles. The maximum Gasteiger partial charge on any atom is 0.238 e. The molecule has 0 fully saturated rings. The van der Waals surface area contributed by atoms with Crippen molar-refractivity contribution in [1.29, 1.82) is 0 Å². The number of rotatable bonds is 8. The van der Waals surface area contributed by atoms with E-state index < -0.39 is 10.0 Å². The number of aliphatic imine (C=N–C) groups is 1. The first-order chi connectivity index (χ1) is 14.5. The van der Waals surface area contributed by atoms with Crippen molar-refractivity contribution in [3.8, 4) is 0 Å². The standard InChI is InChI=1S/C21H26N6O2S/c1-2-23-21(24-14-17-8-10-20(11-9-17)30(22,28)29)25-15-18-6-3-4-7-19(18)16-27-13-5-12-26-27/h3-13H,2,14-16H2,1H3,(H2,22,28,29)(H2,23,24,25). The molecule has 0 aliphatic heterocycles. The van der Waals surface area contributed by atoms with Crippen molar-refractivity contribution in [1.82, 2.24) is 20.4 Å². The van der Waals surface area contributed by atoms with Gasteiger partial charge in [0.15, 0.2) is 5.96 Å². The topological polar surface area (TPSA) is 114 Å². The molecule has 0 aliphatic carbocycles. The second kappa shape index (κ2) is 10.0. The fourth-order valence-electron chi connectivity index (χ4n) is 2.93. The van der Waals surface area contributed by atoms with E-state index in [-0.39, 0.29) is 4.90 Å². The van der Waals surface area contributed by atoms with Gasteiger partial charge in [-0.05, 0) is 41.8 Å². The minimum Gasteiger partial charge on any atom is -0.357 e. The number of guanidine groups is 1. The Bertz CT molecular complexity index is 1080. The Balaban J connectivity index is 1.66. The second-order valence-electron chi connectivity index (χ2n) is 6.71. The molecule has 0 amide bonds. The van der Waals surface area contributed by atoms with Crippen molar-refractivity contribution < 1.29 is 8.42 Å². The van der Waals surface area contributed by atoms with Crippen LogP contribution in [0.2, 0.25) is 0 Å². The molecule has 3 aromatic rings. The van der Waals surface area contributed by atoms with Crippen LogP contribution in [-0.4, -0.2) is 30.7 Å². The Labute approximate surface area is 176 Å². The van der Waals surface area contributed by atoms with Crippen LogP contribution in [0.4, 0.5) is 0 Å². The molecule has 158 valence electrons. The van der Waals surface area contributed by atoms with Crippen molar-refractivity contribution in [2.75, 3.05) is 6.54 Å². The van der Waals surface area contributed by atoms with Gasteiger partial charge in [0.1, 0.15) is 0 Å². The smallest absolute Gasteiger partial charge is 0.238 e. The Morgan fingerprint density at radius 2 is 1.80 bits per heavy atom. The lowest BCUT2D eigenvalue weighted by molar-refractivity contribution is 0.598. The summed E-state index contributed by atoms with van der Waals surface area (Å²) in [6, 6.07) is 16.5. The van der Waals surface area contributed by atoms with E-state index in [0.29, 0.717) is 25.6 Å². The fourth-order valence-corrected chi connectivity index (χ4v) is 3.44. The van der Waals surface area contributed by atoms with Crippen LogP contribution in [0.15, 0.2) is 76.9 Å². The van der Waals surface area contributed by atoms with Crippen LogP contribution >= 0.6 is 0 Å². The number of aromatic nitrogens is 2. The van der Waals surface area contributed by atoms with Gasteiger partial charge in [0.25, 0.3) is 0 Å². The van der Waals surface area contributed by atoms with E-state index in [9.17, 15) is 8.42 Å². The number of nitrogens with zero attached hydrogens (tertiary/aromatic N) is 3. The lowest BCUT2D eigenvalue weighted by atomic mass is 10.1. The number of benzene rings is 2. The summed E-state index contributed by atoms with van der Waals surface area (Å²) in [6.07, 6.45) is 3.71. The molecule has 0 saturated carbocycles. The average Bonchev–Trinajstić information content (AvgIpc) is 3.24. The van der Waals surface area contributed by atoms with Crippen LogP contribution in [0.5, 0.6) is 0 Å². The highest BCUT2D eigenvalue weighted by molar-refractivity contribution is 7.89. The molecule has 2 aromatic carbocycles. The molecule has 4 N–H and O–H groups in total. The third-order valence-corrected chi connectivity index (χ3v) is 5.40. The van der Waals surface area contributed by atoms with Crippen molar-refractivity contribution in [2.24, 2.45) is 10.1 Å². The zero-order valence-corrected chi connectivity index (χ0v) is 17.6. The van der Waals surface area contributed by atoms with Crippen molar-refractivity contribution in [3.63, 3.8) is 0 Å². The summed E-state index contributed by atoms with van der Waals surface area (Å²) < 4.78 is 24.6. The van der Waals surface area contributed by atoms with Gasteiger partial charge in [-0.25, -0.2) is 18.5 Å². The van der Waals surface area contributed by atoms with Crippen molar-refractivity contribution >= 4 is 16.0 Å². The lowest BCUT2D eigenvalue weighted by Crippen LogP contribution is -2.37. The van der Waals surface area contributed by atoms with Crippen LogP contribution < -0.4 is 15.8 Å². The summed E-state index contributed by atoms with van der Waals surface area (Å²) >= 11 is 0. The van der Waals surface area contributed by atoms with E-state index in [4.69, 9.17) is 5.14 Å². The van der Waals surface area contributed by atoms with Gasteiger partial charge in [0.2, 0.25) is 10.0 Å². The van der Waals surface area contributed by atoms with Gasteiger partial charge in [-0.1, -0.05) is 36.4 Å². The molecule has 9 heteroatoms. The number of nitrogens with one attached hydrogen (secondary N) is 2. The third-order valence-electron chi connectivity index (χ3n) is 4.47. The van der Waals surface area contributed by atoms with Gasteiger partial charge in [0.05, 0.1) is 18.0 Å². The maximum absolute atomic E-state index is 11.4. The van der Waals surface area contributed by atoms with Crippen molar-refractivity contribution in [2.45, 2.75) is 31.5 Å². The van der Waals surface area contributed by atoms with Crippen LogP contribution in [0.25, 0.3) is 0 Å². The first kappa shape index (κ1) is 21.5. The summed E-state index contributed by atoms with van der Waals surface area (Å²) in [5, 5.41) is 16.0. The molecular formula is C21H26N6O2S. The average molecular weight is 427 g/mol. The lowest BCUT2D eigenvalue weighted by Gasteiger charge is -2.14. The Hall–Kier alpha value is -3.17. The monoisotopic (exact) mass is 426 g/mol. The normalized spacial score (nSPS) is 12.0. The van der Waals surface area contributed by atoms with Gasteiger partial charge in [-0.2, -0.15) is 5.10 Å². The van der Waals surface area contributed by atoms with Crippen LogP contribution in [0.1, 0.15) is 23.6 Å². The number of hydrogen-bond donors (Lipinski definition) is 3. The minimum atomic E-state index is -3.69. The van der Waals surface area contributed by atoms with Gasteiger partial charge in [0, 0.05) is 25.5 Å². The summed E-state index contributed by atoms with van der Waals surface area (Å²) in [5.74, 6) is 0.682. The summed E-state index contributed by atoms with van der Waals surface area (Å²) in [7, 11) is -3.69. The van der Waals surface area contributed by atoms with Gasteiger partial charge >= 0.3 is 0 Å². The molecule has 1 heterocycles. The molecule has 0 unspecified atom stereocenters. The number of sulfonamides is 1. The minimum absolute atomic E-state index is 0.0917. The number of nitrogens with two attached hydrogens (primary N) is 1. The first-order valence-corrected chi connectivity index (χ1v) is 11.2. The second-order valence-corrected chi connectivity index (χ2v) is 8.27. The van der Waals surface area contributed by atoms with E-state index in [2.05, 4.69) is 32.9 Å². The molecule has 8 nitrogen and oxygen atoms in total. The highest BCUT2D eigenvalue weighted by Gasteiger charge is 2.07. The first-order valence-electron chi connectivity index (χ1n) is 9.64. The summed E-state index contributed by atoms with van der Waals surface area (Å²) in [4.78, 5) is 4.68. The summed E-state index contributed by atoms with van der Waals surface area (Å²) in [5.41, 5.74) is 3.23. The number of primary sulfonamides is 1. The van der Waals surface area contributed by atoms with Crippen molar-refractivity contribution in [3.05, 3.63) is 83.7 Å². The zero-order valence-electron chi connectivity index (χ0n) is 16.8. The van der Waals surface area contributed by atoms with Gasteiger partial charge < -0.3 is 10.6 Å². The maximum atomic E-state index is 11.4. The molecule has 3 rings (SSSR count). The number of hydrogen-bond acceptors (Lipinski definition) is 4. The Kier molecular flexibility index (Phi) is 7.21. The van der Waals surface area contributed by atoms with E-state index in [1.165, 1.54) is 17.7 Å². The van der Waals surface area contributed by atoms with Gasteiger partial charge in [-0.15, -0.1) is 0 Å². The van der Waals surface area contributed by atoms with E-state index >= 15 is 0 Å².